The maximum Gasteiger partial charge on any atom is 0.316 e. The average molecular weight is 179 g/mol. The topological polar surface area (TPSA) is 66.4 Å². The van der Waals surface area contributed by atoms with Crippen molar-refractivity contribution in [3.8, 4) is 0 Å². The number of halogens is 2. The lowest BCUT2D eigenvalue weighted by atomic mass is 9.96. The average Bonchev–Trinajstić information content (AvgIpc) is 1.94. The molecule has 1 aliphatic rings. The fraction of sp³-hybridized carbons (Fsp3) is 0.667. The van der Waals surface area contributed by atoms with Crippen molar-refractivity contribution in [2.24, 2.45) is 5.92 Å². The number of piperidine rings is 1. The molecule has 0 spiro atoms. The number of nitrogens with one attached hydrogen (secondary N) is 1. The number of carboxylic acids is 1. The maximum atomic E-state index is 12.5. The van der Waals surface area contributed by atoms with Crippen molar-refractivity contribution in [2.75, 3.05) is 6.54 Å². The van der Waals surface area contributed by atoms with Crippen LogP contribution in [0.25, 0.3) is 0 Å². The second-order valence-corrected chi connectivity index (χ2v) is 2.67. The van der Waals surface area contributed by atoms with E-state index in [1.807, 2.05) is 5.32 Å². The van der Waals surface area contributed by atoms with E-state index in [0.717, 1.165) is 0 Å². The first kappa shape index (κ1) is 8.89. The Bertz CT molecular complexity index is 229. The lowest BCUT2D eigenvalue weighted by molar-refractivity contribution is -0.156. The van der Waals surface area contributed by atoms with Gasteiger partial charge < -0.3 is 10.4 Å². The van der Waals surface area contributed by atoms with Gasteiger partial charge in [0, 0.05) is 6.42 Å². The van der Waals surface area contributed by atoms with Crippen LogP contribution in [0.3, 0.4) is 0 Å². The highest BCUT2D eigenvalue weighted by Gasteiger charge is 2.44. The van der Waals surface area contributed by atoms with Crippen LogP contribution in [0.2, 0.25) is 0 Å². The Morgan fingerprint density at radius 1 is 1.67 bits per heavy atom. The Balaban J connectivity index is 2.72. The predicted molar refractivity (Wildman–Crippen MR) is 33.7 cm³/mol. The van der Waals surface area contributed by atoms with Gasteiger partial charge >= 0.3 is 5.97 Å². The van der Waals surface area contributed by atoms with Crippen molar-refractivity contribution in [3.63, 3.8) is 0 Å². The minimum atomic E-state index is -3.10. The molecule has 68 valence electrons. The number of hydrogen-bond acceptors (Lipinski definition) is 2. The van der Waals surface area contributed by atoms with E-state index in [1.165, 1.54) is 0 Å². The minimum absolute atomic E-state index is 0.768. The Labute approximate surface area is 66.6 Å². The van der Waals surface area contributed by atoms with Crippen molar-refractivity contribution in [1.29, 1.82) is 0 Å². The highest BCUT2D eigenvalue weighted by molar-refractivity contribution is 5.97. The fourth-order valence-electron chi connectivity index (χ4n) is 1.00. The molecule has 0 aromatic rings. The third kappa shape index (κ3) is 1.69. The molecule has 1 heterocycles. The summed E-state index contributed by atoms with van der Waals surface area (Å²) in [6.07, 6.45) is -0.909. The lowest BCUT2D eigenvalue weighted by Crippen LogP contribution is -2.50. The van der Waals surface area contributed by atoms with Gasteiger partial charge in [0.25, 0.3) is 5.92 Å². The predicted octanol–water partition coefficient (Wildman–Crippen LogP) is -0.158. The molecule has 12 heavy (non-hydrogen) atoms. The zero-order chi connectivity index (χ0) is 9.35. The number of hydrogen-bond donors (Lipinski definition) is 2. The smallest absolute Gasteiger partial charge is 0.316 e. The molecule has 6 heteroatoms. The van der Waals surface area contributed by atoms with E-state index in [4.69, 9.17) is 5.11 Å². The van der Waals surface area contributed by atoms with Crippen LogP contribution in [0.15, 0.2) is 0 Å². The van der Waals surface area contributed by atoms with Gasteiger partial charge in [-0.05, 0) is 0 Å². The first-order valence-corrected chi connectivity index (χ1v) is 3.31. The monoisotopic (exact) mass is 179 g/mol. The molecule has 2 N–H and O–H groups in total. The van der Waals surface area contributed by atoms with Crippen LogP contribution in [0.5, 0.6) is 0 Å². The molecule has 4 nitrogen and oxygen atoms in total. The fourth-order valence-corrected chi connectivity index (χ4v) is 1.00. The summed E-state index contributed by atoms with van der Waals surface area (Å²) < 4.78 is 25.0. The van der Waals surface area contributed by atoms with Crippen LogP contribution < -0.4 is 5.32 Å². The Hall–Kier alpha value is -1.20. The molecule has 1 fully saturated rings. The van der Waals surface area contributed by atoms with Gasteiger partial charge in [0.1, 0.15) is 5.92 Å². The summed E-state index contributed by atoms with van der Waals surface area (Å²) in [5.74, 6) is -7.06. The summed E-state index contributed by atoms with van der Waals surface area (Å²) in [6, 6.07) is 0. The van der Waals surface area contributed by atoms with Crippen molar-refractivity contribution in [2.45, 2.75) is 12.3 Å². The molecule has 1 rings (SSSR count). The number of carbonyl (C=O) groups is 2. The number of aliphatic carboxylic acids is 1. The molecule has 0 saturated carbocycles. The van der Waals surface area contributed by atoms with Gasteiger partial charge in [-0.2, -0.15) is 0 Å². The Morgan fingerprint density at radius 2 is 2.25 bits per heavy atom. The summed E-state index contributed by atoms with van der Waals surface area (Å²) in [5.41, 5.74) is 0. The number of carboxylic acid groups (broad SMARTS) is 1. The van der Waals surface area contributed by atoms with Gasteiger partial charge in [0.15, 0.2) is 0 Å². The summed E-state index contributed by atoms with van der Waals surface area (Å²) in [4.78, 5) is 21.0. The molecule has 0 aliphatic carbocycles. The zero-order valence-electron chi connectivity index (χ0n) is 6.01. The molecule has 1 amide bonds. The number of amides is 1. The van der Waals surface area contributed by atoms with E-state index >= 15 is 0 Å². The third-order valence-corrected chi connectivity index (χ3v) is 1.64. The molecule has 1 saturated heterocycles. The largest absolute Gasteiger partial charge is 0.481 e. The molecule has 1 aliphatic heterocycles. The molecule has 0 radical (unpaired) electrons. The minimum Gasteiger partial charge on any atom is -0.481 e. The first-order chi connectivity index (χ1) is 5.42. The maximum absolute atomic E-state index is 12.5. The normalized spacial score (nSPS) is 27.8. The van der Waals surface area contributed by atoms with Crippen LogP contribution in [0, 0.1) is 5.92 Å². The summed E-state index contributed by atoms with van der Waals surface area (Å²) >= 11 is 0. The van der Waals surface area contributed by atoms with Gasteiger partial charge in [0.2, 0.25) is 5.91 Å². The van der Waals surface area contributed by atoms with Crippen LogP contribution in [-0.4, -0.2) is 29.5 Å². The van der Waals surface area contributed by atoms with Gasteiger partial charge in [0.05, 0.1) is 6.54 Å². The second-order valence-electron chi connectivity index (χ2n) is 2.67. The molecular formula is C6H7F2NO3. The quantitative estimate of drug-likeness (QED) is 0.550. The first-order valence-electron chi connectivity index (χ1n) is 3.31. The standard InChI is InChI=1S/C6H7F2NO3/c7-6(8)1-3(5(11)12)4(10)9-2-6/h3H,1-2H2,(H,9,10)(H,11,12). The molecule has 0 aromatic heterocycles. The van der Waals surface area contributed by atoms with E-state index in [1.54, 1.807) is 0 Å². The van der Waals surface area contributed by atoms with Crippen LogP contribution in [0.4, 0.5) is 8.78 Å². The van der Waals surface area contributed by atoms with E-state index < -0.39 is 36.7 Å². The zero-order valence-corrected chi connectivity index (χ0v) is 6.01. The van der Waals surface area contributed by atoms with Crippen molar-refractivity contribution in [1.82, 2.24) is 5.32 Å². The molecule has 0 bridgehead atoms. The summed E-state index contributed by atoms with van der Waals surface area (Å²) in [7, 11) is 0. The number of carbonyl (C=O) groups excluding carboxylic acids is 1. The summed E-state index contributed by atoms with van der Waals surface area (Å²) in [6.45, 7) is -0.768. The van der Waals surface area contributed by atoms with Crippen LogP contribution in [0.1, 0.15) is 6.42 Å². The van der Waals surface area contributed by atoms with Gasteiger partial charge in [-0.1, -0.05) is 0 Å². The van der Waals surface area contributed by atoms with E-state index in [9.17, 15) is 18.4 Å². The van der Waals surface area contributed by atoms with Gasteiger partial charge in [-0.15, -0.1) is 0 Å². The molecule has 1 unspecified atom stereocenters. The van der Waals surface area contributed by atoms with Crippen molar-refractivity contribution >= 4 is 11.9 Å². The van der Waals surface area contributed by atoms with Crippen LogP contribution >= 0.6 is 0 Å². The van der Waals surface area contributed by atoms with E-state index in [-0.39, 0.29) is 0 Å². The van der Waals surface area contributed by atoms with Gasteiger partial charge in [-0.3, -0.25) is 9.59 Å². The number of alkyl halides is 2. The summed E-state index contributed by atoms with van der Waals surface area (Å²) in [5, 5.41) is 10.2. The van der Waals surface area contributed by atoms with E-state index in [0.29, 0.717) is 0 Å². The van der Waals surface area contributed by atoms with Gasteiger partial charge in [-0.25, -0.2) is 8.78 Å². The van der Waals surface area contributed by atoms with Crippen molar-refractivity contribution in [3.05, 3.63) is 0 Å². The molecule has 1 atom stereocenters. The molecule has 0 aromatic carbocycles. The molecular weight excluding hydrogens is 172 g/mol. The highest BCUT2D eigenvalue weighted by atomic mass is 19.3. The Morgan fingerprint density at radius 3 is 2.67 bits per heavy atom. The highest BCUT2D eigenvalue weighted by Crippen LogP contribution is 2.26. The van der Waals surface area contributed by atoms with Crippen LogP contribution in [-0.2, 0) is 9.59 Å². The lowest BCUT2D eigenvalue weighted by Gasteiger charge is -2.26. The second kappa shape index (κ2) is 2.69. The third-order valence-electron chi connectivity index (χ3n) is 1.64. The Kier molecular flexibility index (Phi) is 1.99. The van der Waals surface area contributed by atoms with Crippen molar-refractivity contribution < 1.29 is 23.5 Å². The van der Waals surface area contributed by atoms with E-state index in [2.05, 4.69) is 0 Å². The number of rotatable bonds is 1. The SMILES string of the molecule is O=C(O)C1CC(F)(F)CNC1=O.